The maximum absolute atomic E-state index is 12.7. The van der Waals surface area contributed by atoms with Gasteiger partial charge in [0.15, 0.2) is 9.84 Å². The topological polar surface area (TPSA) is 111 Å². The number of sulfone groups is 1. The zero-order chi connectivity index (χ0) is 20.8. The van der Waals surface area contributed by atoms with E-state index in [1.807, 2.05) is 12.1 Å². The van der Waals surface area contributed by atoms with E-state index in [2.05, 4.69) is 10.3 Å². The molecule has 0 bridgehead atoms. The molecule has 0 radical (unpaired) electrons. The quantitative estimate of drug-likeness (QED) is 0.552. The second-order valence-corrected chi connectivity index (χ2v) is 8.77. The van der Waals surface area contributed by atoms with Crippen LogP contribution in [0.15, 0.2) is 62.9 Å². The minimum absolute atomic E-state index is 0.0928. The van der Waals surface area contributed by atoms with Gasteiger partial charge in [0, 0.05) is 17.3 Å². The fraction of sp³-hybridized carbons (Fsp3) is 0.150. The molecule has 0 unspecified atom stereocenters. The maximum Gasteiger partial charge on any atom is 0.297 e. The number of anilines is 1. The summed E-state index contributed by atoms with van der Waals surface area (Å²) in [7, 11) is -3.33. The summed E-state index contributed by atoms with van der Waals surface area (Å²) in [6.45, 7) is 1.44. The van der Waals surface area contributed by atoms with Gasteiger partial charge >= 0.3 is 0 Å². The van der Waals surface area contributed by atoms with Crippen LogP contribution in [0.2, 0.25) is 0 Å². The molecule has 1 amide bonds. The molecular formula is C20H17N3O5S. The first-order valence-corrected chi connectivity index (χ1v) is 10.6. The van der Waals surface area contributed by atoms with Crippen molar-refractivity contribution in [3.05, 3.63) is 64.7 Å². The molecule has 148 valence electrons. The number of hydrogen-bond acceptors (Lipinski definition) is 6. The number of furan rings is 1. The minimum atomic E-state index is -3.33. The third-order valence-electron chi connectivity index (χ3n) is 4.56. The van der Waals surface area contributed by atoms with Crippen molar-refractivity contribution in [1.82, 2.24) is 9.55 Å². The summed E-state index contributed by atoms with van der Waals surface area (Å²) in [5.74, 6) is -0.445. The first-order chi connectivity index (χ1) is 13.7. The van der Waals surface area contributed by atoms with E-state index < -0.39 is 21.3 Å². The number of nitrogens with one attached hydrogen (secondary N) is 1. The molecule has 0 fully saturated rings. The van der Waals surface area contributed by atoms with E-state index in [0.717, 1.165) is 11.6 Å². The predicted octanol–water partition coefficient (Wildman–Crippen LogP) is 2.49. The van der Waals surface area contributed by atoms with Crippen LogP contribution in [-0.2, 0) is 21.2 Å². The van der Waals surface area contributed by atoms with Gasteiger partial charge in [0.05, 0.1) is 11.2 Å². The molecule has 2 heterocycles. The van der Waals surface area contributed by atoms with Crippen LogP contribution in [0.25, 0.3) is 22.1 Å². The van der Waals surface area contributed by atoms with Crippen LogP contribution in [-0.4, -0.2) is 30.1 Å². The number of carbonyl (C=O) groups is 1. The molecule has 1 N–H and O–H groups in total. The second-order valence-electron chi connectivity index (χ2n) is 6.75. The Morgan fingerprint density at radius 2 is 1.97 bits per heavy atom. The average molecular weight is 411 g/mol. The Bertz CT molecular complexity index is 1430. The number of para-hydroxylation sites is 1. The molecule has 4 rings (SSSR count). The molecular weight excluding hydrogens is 394 g/mol. The normalized spacial score (nSPS) is 11.8. The average Bonchev–Trinajstić information content (AvgIpc) is 3.04. The molecule has 2 aromatic carbocycles. The van der Waals surface area contributed by atoms with E-state index >= 15 is 0 Å². The standard InChI is InChI=1S/C20H17N3O5S/c1-12-9-13(29(2,26)27)7-8-15(12)22-17(24)10-23-11-21-18-14-5-3-4-6-16(14)28-19(18)20(23)25/h3-9,11H,10H2,1-2H3,(H,22,24). The number of aryl methyl sites for hydroxylation is 1. The lowest BCUT2D eigenvalue weighted by atomic mass is 10.2. The zero-order valence-corrected chi connectivity index (χ0v) is 16.5. The highest BCUT2D eigenvalue weighted by Crippen LogP contribution is 2.24. The van der Waals surface area contributed by atoms with E-state index in [9.17, 15) is 18.0 Å². The summed E-state index contributed by atoms with van der Waals surface area (Å²) >= 11 is 0. The smallest absolute Gasteiger partial charge is 0.297 e. The van der Waals surface area contributed by atoms with Crippen molar-refractivity contribution in [2.24, 2.45) is 0 Å². The number of aromatic nitrogens is 2. The Morgan fingerprint density at radius 3 is 2.69 bits per heavy atom. The molecule has 0 atom stereocenters. The van der Waals surface area contributed by atoms with Gasteiger partial charge < -0.3 is 9.73 Å². The van der Waals surface area contributed by atoms with Gasteiger partial charge in [-0.15, -0.1) is 0 Å². The Balaban J connectivity index is 1.60. The fourth-order valence-electron chi connectivity index (χ4n) is 3.08. The van der Waals surface area contributed by atoms with Gasteiger partial charge in [-0.25, -0.2) is 13.4 Å². The molecule has 0 spiro atoms. The number of amides is 1. The molecule has 0 aliphatic rings. The lowest BCUT2D eigenvalue weighted by molar-refractivity contribution is -0.116. The molecule has 0 saturated carbocycles. The third kappa shape index (κ3) is 3.52. The Hall–Kier alpha value is -3.46. The Kier molecular flexibility index (Phi) is 4.46. The Labute approximate surface area is 165 Å². The molecule has 0 aliphatic heterocycles. The minimum Gasteiger partial charge on any atom is -0.448 e. The highest BCUT2D eigenvalue weighted by atomic mass is 32.2. The van der Waals surface area contributed by atoms with Crippen molar-refractivity contribution in [1.29, 1.82) is 0 Å². The number of rotatable bonds is 4. The first-order valence-electron chi connectivity index (χ1n) is 8.71. The number of benzene rings is 2. The highest BCUT2D eigenvalue weighted by molar-refractivity contribution is 7.90. The van der Waals surface area contributed by atoms with Crippen LogP contribution < -0.4 is 10.9 Å². The van der Waals surface area contributed by atoms with Gasteiger partial charge in [-0.2, -0.15) is 0 Å². The van der Waals surface area contributed by atoms with Gasteiger partial charge in [0.25, 0.3) is 5.56 Å². The van der Waals surface area contributed by atoms with Gasteiger partial charge in [-0.3, -0.25) is 14.2 Å². The number of carbonyl (C=O) groups excluding carboxylic acids is 1. The van der Waals surface area contributed by atoms with Crippen molar-refractivity contribution < 1.29 is 17.6 Å². The largest absolute Gasteiger partial charge is 0.448 e. The van der Waals surface area contributed by atoms with Crippen molar-refractivity contribution in [3.8, 4) is 0 Å². The second kappa shape index (κ2) is 6.85. The molecule has 0 aliphatic carbocycles. The van der Waals surface area contributed by atoms with Crippen LogP contribution in [0.3, 0.4) is 0 Å². The van der Waals surface area contributed by atoms with Crippen molar-refractivity contribution in [2.45, 2.75) is 18.4 Å². The maximum atomic E-state index is 12.7. The molecule has 8 nitrogen and oxygen atoms in total. The van der Waals surface area contributed by atoms with E-state index in [-0.39, 0.29) is 17.0 Å². The summed E-state index contributed by atoms with van der Waals surface area (Å²) in [4.78, 5) is 29.6. The van der Waals surface area contributed by atoms with E-state index in [1.54, 1.807) is 19.1 Å². The van der Waals surface area contributed by atoms with E-state index in [0.29, 0.717) is 22.4 Å². The van der Waals surface area contributed by atoms with Crippen molar-refractivity contribution >= 4 is 43.5 Å². The van der Waals surface area contributed by atoms with Crippen LogP contribution >= 0.6 is 0 Å². The Morgan fingerprint density at radius 1 is 1.21 bits per heavy atom. The summed E-state index contributed by atoms with van der Waals surface area (Å²) in [6.07, 6.45) is 2.43. The van der Waals surface area contributed by atoms with Gasteiger partial charge in [-0.05, 0) is 42.8 Å². The number of fused-ring (bicyclic) bond motifs is 3. The lowest BCUT2D eigenvalue weighted by Gasteiger charge is -2.10. The van der Waals surface area contributed by atoms with Crippen LogP contribution in [0, 0.1) is 6.92 Å². The third-order valence-corrected chi connectivity index (χ3v) is 5.67. The highest BCUT2D eigenvalue weighted by Gasteiger charge is 2.15. The van der Waals surface area contributed by atoms with Crippen molar-refractivity contribution in [2.75, 3.05) is 11.6 Å². The monoisotopic (exact) mass is 411 g/mol. The van der Waals surface area contributed by atoms with Gasteiger partial charge in [0.2, 0.25) is 11.5 Å². The first kappa shape index (κ1) is 18.9. The molecule has 2 aromatic heterocycles. The van der Waals surface area contributed by atoms with E-state index in [1.165, 1.54) is 29.1 Å². The summed E-state index contributed by atoms with van der Waals surface area (Å²) in [6, 6.07) is 11.6. The predicted molar refractivity (Wildman–Crippen MR) is 109 cm³/mol. The zero-order valence-electron chi connectivity index (χ0n) is 15.7. The lowest BCUT2D eigenvalue weighted by Crippen LogP contribution is -2.27. The molecule has 0 saturated heterocycles. The molecule has 29 heavy (non-hydrogen) atoms. The van der Waals surface area contributed by atoms with Gasteiger partial charge in [0.1, 0.15) is 17.6 Å². The van der Waals surface area contributed by atoms with Crippen molar-refractivity contribution in [3.63, 3.8) is 0 Å². The number of hydrogen-bond donors (Lipinski definition) is 1. The van der Waals surface area contributed by atoms with Crippen LogP contribution in [0.4, 0.5) is 5.69 Å². The van der Waals surface area contributed by atoms with Crippen LogP contribution in [0.5, 0.6) is 0 Å². The number of nitrogens with zero attached hydrogens (tertiary/aromatic N) is 2. The van der Waals surface area contributed by atoms with E-state index in [4.69, 9.17) is 4.42 Å². The summed E-state index contributed by atoms with van der Waals surface area (Å²) in [5, 5.41) is 3.42. The summed E-state index contributed by atoms with van der Waals surface area (Å²) in [5.41, 5.74) is 1.71. The molecule has 4 aromatic rings. The SMILES string of the molecule is Cc1cc(S(C)(=O)=O)ccc1NC(=O)Cn1cnc2c(oc3ccccc32)c1=O. The van der Waals surface area contributed by atoms with Gasteiger partial charge in [-0.1, -0.05) is 12.1 Å². The van der Waals surface area contributed by atoms with Crippen LogP contribution in [0.1, 0.15) is 5.56 Å². The summed E-state index contributed by atoms with van der Waals surface area (Å²) < 4.78 is 30.0. The fourth-order valence-corrected chi connectivity index (χ4v) is 3.79. The molecule has 9 heteroatoms.